The lowest BCUT2D eigenvalue weighted by Gasteiger charge is -2.25. The Morgan fingerprint density at radius 1 is 1.00 bits per heavy atom. The first-order valence-corrected chi connectivity index (χ1v) is 15.6. The van der Waals surface area contributed by atoms with E-state index < -0.39 is 10.0 Å². The van der Waals surface area contributed by atoms with E-state index in [0.717, 1.165) is 28.7 Å². The number of thiazole rings is 1. The first-order valence-electron chi connectivity index (χ1n) is 12.5. The maximum Gasteiger partial charge on any atom is 0.323 e. The summed E-state index contributed by atoms with van der Waals surface area (Å²) in [5, 5.41) is 12.4. The van der Waals surface area contributed by atoms with Crippen LogP contribution in [0, 0.1) is 11.3 Å². The van der Waals surface area contributed by atoms with Crippen LogP contribution in [0.3, 0.4) is 0 Å². The molecule has 0 radical (unpaired) electrons. The Labute approximate surface area is 243 Å². The van der Waals surface area contributed by atoms with Gasteiger partial charge < -0.3 is 4.90 Å². The van der Waals surface area contributed by atoms with Crippen molar-refractivity contribution in [2.45, 2.75) is 18.8 Å². The minimum absolute atomic E-state index is 0.0841. The summed E-state index contributed by atoms with van der Waals surface area (Å²) >= 11 is 7.58. The summed E-state index contributed by atoms with van der Waals surface area (Å²) in [7, 11) is -3.39. The molecule has 4 rings (SSSR count). The summed E-state index contributed by atoms with van der Waals surface area (Å²) in [5.74, 6) is 0.0841. The van der Waals surface area contributed by atoms with Crippen molar-refractivity contribution in [3.05, 3.63) is 100 Å². The Balaban J connectivity index is 1.48. The molecule has 2 amide bonds. The van der Waals surface area contributed by atoms with Crippen LogP contribution in [0.5, 0.6) is 0 Å². The van der Waals surface area contributed by atoms with Crippen LogP contribution in [0.15, 0.2) is 84.9 Å². The molecule has 0 saturated carbocycles. The molecule has 0 atom stereocenters. The lowest BCUT2D eigenvalue weighted by Crippen LogP contribution is -2.37. The van der Waals surface area contributed by atoms with Gasteiger partial charge in [-0.25, -0.2) is 18.2 Å². The quantitative estimate of drug-likeness (QED) is 0.198. The van der Waals surface area contributed by atoms with Gasteiger partial charge in [0, 0.05) is 30.3 Å². The van der Waals surface area contributed by atoms with E-state index in [1.165, 1.54) is 0 Å². The van der Waals surface area contributed by atoms with Crippen molar-refractivity contribution in [3.8, 4) is 17.3 Å². The summed E-state index contributed by atoms with van der Waals surface area (Å²) in [5.41, 5.74) is 3.89. The third-order valence-corrected chi connectivity index (χ3v) is 7.91. The summed E-state index contributed by atoms with van der Waals surface area (Å²) < 4.78 is 25.7. The average molecular weight is 594 g/mol. The SMILES string of the molecule is CS(=O)(=O)Nc1ccc(-c2nc(NC(=O)N(CCC#N)CCC(c3ccccc3)c3ccccc3)sc2Cl)cc1. The van der Waals surface area contributed by atoms with Crippen molar-refractivity contribution in [1.29, 1.82) is 5.26 Å². The van der Waals surface area contributed by atoms with E-state index in [1.54, 1.807) is 29.2 Å². The monoisotopic (exact) mass is 593 g/mol. The van der Waals surface area contributed by atoms with E-state index in [-0.39, 0.29) is 24.9 Å². The van der Waals surface area contributed by atoms with Gasteiger partial charge in [0.1, 0.15) is 10.0 Å². The molecule has 206 valence electrons. The number of nitrogens with one attached hydrogen (secondary N) is 2. The Morgan fingerprint density at radius 2 is 1.60 bits per heavy atom. The lowest BCUT2D eigenvalue weighted by molar-refractivity contribution is 0.211. The van der Waals surface area contributed by atoms with Gasteiger partial charge in [0.2, 0.25) is 10.0 Å². The number of urea groups is 1. The van der Waals surface area contributed by atoms with Gasteiger partial charge in [0.05, 0.1) is 18.7 Å². The zero-order valence-electron chi connectivity index (χ0n) is 21.7. The molecule has 0 fully saturated rings. The van der Waals surface area contributed by atoms with Crippen LogP contribution in [0.25, 0.3) is 11.3 Å². The van der Waals surface area contributed by atoms with E-state index in [1.807, 2.05) is 36.4 Å². The van der Waals surface area contributed by atoms with Crippen LogP contribution in [0.1, 0.15) is 29.9 Å². The number of rotatable bonds is 11. The second-order valence-electron chi connectivity index (χ2n) is 9.08. The van der Waals surface area contributed by atoms with Crippen molar-refractivity contribution < 1.29 is 13.2 Å². The Bertz CT molecular complexity index is 1530. The zero-order chi connectivity index (χ0) is 28.5. The lowest BCUT2D eigenvalue weighted by atomic mass is 9.88. The average Bonchev–Trinajstić information content (AvgIpc) is 3.30. The van der Waals surface area contributed by atoms with Crippen LogP contribution in [0.4, 0.5) is 15.6 Å². The number of benzene rings is 3. The molecule has 0 unspecified atom stereocenters. The Hall–Kier alpha value is -3.91. The molecule has 0 bridgehead atoms. The number of nitrogens with zero attached hydrogens (tertiary/aromatic N) is 3. The highest BCUT2D eigenvalue weighted by Crippen LogP contribution is 2.36. The fourth-order valence-electron chi connectivity index (χ4n) is 4.30. The van der Waals surface area contributed by atoms with Gasteiger partial charge >= 0.3 is 6.03 Å². The van der Waals surface area contributed by atoms with Gasteiger partial charge in [-0.3, -0.25) is 10.0 Å². The van der Waals surface area contributed by atoms with E-state index in [9.17, 15) is 18.5 Å². The first-order chi connectivity index (χ1) is 19.2. The molecule has 40 heavy (non-hydrogen) atoms. The number of aromatic nitrogens is 1. The van der Waals surface area contributed by atoms with Crippen LogP contribution >= 0.6 is 22.9 Å². The normalized spacial score (nSPS) is 11.2. The maximum absolute atomic E-state index is 13.3. The highest BCUT2D eigenvalue weighted by molar-refractivity contribution is 7.92. The second-order valence-corrected chi connectivity index (χ2v) is 12.4. The van der Waals surface area contributed by atoms with Gasteiger partial charge in [-0.15, -0.1) is 0 Å². The van der Waals surface area contributed by atoms with Gasteiger partial charge in [0.15, 0.2) is 5.13 Å². The molecule has 11 heteroatoms. The predicted molar refractivity (Wildman–Crippen MR) is 161 cm³/mol. The van der Waals surface area contributed by atoms with Gasteiger partial charge in [-0.05, 0) is 29.7 Å². The third kappa shape index (κ3) is 8.05. The molecule has 8 nitrogen and oxygen atoms in total. The number of amides is 2. The molecular formula is C29H28ClN5O3S2. The fraction of sp³-hybridized carbons (Fsp3) is 0.207. The van der Waals surface area contributed by atoms with Crippen molar-refractivity contribution in [1.82, 2.24) is 9.88 Å². The number of anilines is 2. The van der Waals surface area contributed by atoms with E-state index in [0.29, 0.717) is 39.4 Å². The van der Waals surface area contributed by atoms with Gasteiger partial charge in [0.25, 0.3) is 0 Å². The summed E-state index contributed by atoms with van der Waals surface area (Å²) in [6.45, 7) is 0.710. The van der Waals surface area contributed by atoms with E-state index in [2.05, 4.69) is 45.4 Å². The fourth-order valence-corrected chi connectivity index (χ4v) is 5.94. The van der Waals surface area contributed by atoms with Gasteiger partial charge in [-0.1, -0.05) is 95.7 Å². The number of sulfonamides is 1. The number of carbonyl (C=O) groups excluding carboxylic acids is 1. The summed E-state index contributed by atoms with van der Waals surface area (Å²) in [6, 6.07) is 28.7. The molecule has 0 aliphatic rings. The van der Waals surface area contributed by atoms with Crippen LogP contribution in [-0.2, 0) is 10.0 Å². The summed E-state index contributed by atoms with van der Waals surface area (Å²) in [4.78, 5) is 19.4. The van der Waals surface area contributed by atoms with E-state index in [4.69, 9.17) is 11.6 Å². The molecule has 2 N–H and O–H groups in total. The molecular weight excluding hydrogens is 566 g/mol. The van der Waals surface area contributed by atoms with E-state index >= 15 is 0 Å². The zero-order valence-corrected chi connectivity index (χ0v) is 24.1. The van der Waals surface area contributed by atoms with Crippen LogP contribution in [-0.4, -0.2) is 43.7 Å². The standard InChI is InChI=1S/C29H28ClN5O3S2/c1-40(37,38)34-24-15-13-23(14-16-24)26-27(30)39-28(32-26)33-29(36)35(19-8-18-31)20-17-25(21-9-4-2-5-10-21)22-11-6-3-7-12-22/h2-7,9-16,25,34H,8,17,19-20H2,1H3,(H,32,33,36). The van der Waals surface area contributed by atoms with Gasteiger partial charge in [-0.2, -0.15) is 5.26 Å². The molecule has 1 aromatic heterocycles. The minimum Gasteiger partial charge on any atom is -0.323 e. The number of hydrogen-bond donors (Lipinski definition) is 2. The maximum atomic E-state index is 13.3. The molecule has 1 heterocycles. The largest absolute Gasteiger partial charge is 0.323 e. The van der Waals surface area contributed by atoms with Crippen molar-refractivity contribution >= 4 is 49.8 Å². The third-order valence-electron chi connectivity index (χ3n) is 6.13. The second kappa shape index (κ2) is 13.4. The summed E-state index contributed by atoms with van der Waals surface area (Å²) in [6.07, 6.45) is 1.95. The topological polar surface area (TPSA) is 115 Å². The Kier molecular flexibility index (Phi) is 9.77. The molecule has 0 spiro atoms. The molecule has 0 aliphatic heterocycles. The smallest absolute Gasteiger partial charge is 0.323 e. The first kappa shape index (κ1) is 29.1. The number of halogens is 1. The molecule has 0 aliphatic carbocycles. The predicted octanol–water partition coefficient (Wildman–Crippen LogP) is 6.80. The Morgan fingerprint density at radius 3 is 2.15 bits per heavy atom. The van der Waals surface area contributed by atoms with Crippen molar-refractivity contribution in [2.24, 2.45) is 0 Å². The molecule has 3 aromatic carbocycles. The minimum atomic E-state index is -3.39. The van der Waals surface area contributed by atoms with Crippen LogP contribution in [0.2, 0.25) is 4.34 Å². The number of carbonyl (C=O) groups is 1. The van der Waals surface area contributed by atoms with Crippen molar-refractivity contribution in [2.75, 3.05) is 29.4 Å². The van der Waals surface area contributed by atoms with Crippen molar-refractivity contribution in [3.63, 3.8) is 0 Å². The molecule has 0 saturated heterocycles. The highest BCUT2D eigenvalue weighted by Gasteiger charge is 2.21. The molecule has 4 aromatic rings. The highest BCUT2D eigenvalue weighted by atomic mass is 35.5. The van der Waals surface area contributed by atoms with Crippen LogP contribution < -0.4 is 10.0 Å². The number of nitriles is 1. The number of hydrogen-bond acceptors (Lipinski definition) is 6.